The second-order valence-corrected chi connectivity index (χ2v) is 4.25. The Balaban J connectivity index is 1.77. The minimum Gasteiger partial charge on any atom is -0.463 e. The fourth-order valence-corrected chi connectivity index (χ4v) is 1.72. The number of nitrogens with one attached hydrogen (secondary N) is 1. The normalized spacial score (nSPS) is 11.7. The topological polar surface area (TPSA) is 93.7 Å². The summed E-state index contributed by atoms with van der Waals surface area (Å²) in [4.78, 5) is 0. The minimum atomic E-state index is 0.405. The van der Waals surface area contributed by atoms with Crippen molar-refractivity contribution < 1.29 is 8.83 Å². The molecular formula is C14H14N6O2. The first-order valence-electron chi connectivity index (χ1n) is 6.71. The third-order valence-corrected chi connectivity index (χ3v) is 2.76. The van der Waals surface area contributed by atoms with E-state index in [0.717, 1.165) is 0 Å². The van der Waals surface area contributed by atoms with Crippen molar-refractivity contribution >= 4 is 18.4 Å². The molecule has 0 saturated heterocycles. The second-order valence-electron chi connectivity index (χ2n) is 4.25. The quantitative estimate of drug-likeness (QED) is 0.557. The van der Waals surface area contributed by atoms with E-state index in [1.807, 2.05) is 13.0 Å². The average molecular weight is 298 g/mol. The van der Waals surface area contributed by atoms with Gasteiger partial charge in [0, 0.05) is 6.42 Å². The van der Waals surface area contributed by atoms with Crippen LogP contribution in [-0.2, 0) is 6.42 Å². The predicted molar refractivity (Wildman–Crippen MR) is 81.0 cm³/mol. The van der Waals surface area contributed by atoms with Crippen LogP contribution < -0.4 is 5.43 Å². The first kappa shape index (κ1) is 13.8. The Kier molecular flexibility index (Phi) is 4.10. The second kappa shape index (κ2) is 6.53. The molecule has 3 aromatic rings. The van der Waals surface area contributed by atoms with Crippen LogP contribution in [0, 0.1) is 0 Å². The number of nitrogens with zero attached hydrogens (tertiary/aromatic N) is 5. The molecule has 1 N–H and O–H groups in total. The van der Waals surface area contributed by atoms with Crippen LogP contribution in [0.15, 0.2) is 55.8 Å². The van der Waals surface area contributed by atoms with Crippen molar-refractivity contribution in [1.82, 2.24) is 14.9 Å². The van der Waals surface area contributed by atoms with Gasteiger partial charge in [0.15, 0.2) is 5.82 Å². The molecule has 3 rings (SSSR count). The fraction of sp³-hybridized carbons (Fsp3) is 0.143. The molecule has 8 nitrogen and oxygen atoms in total. The van der Waals surface area contributed by atoms with E-state index in [2.05, 4.69) is 25.8 Å². The Morgan fingerprint density at radius 2 is 1.86 bits per heavy atom. The Morgan fingerprint density at radius 3 is 2.50 bits per heavy atom. The molecule has 3 heterocycles. The summed E-state index contributed by atoms with van der Waals surface area (Å²) in [6, 6.07) is 7.18. The average Bonchev–Trinajstić information content (AvgIpc) is 3.27. The number of anilines is 1. The van der Waals surface area contributed by atoms with Gasteiger partial charge in [-0.05, 0) is 24.3 Å². The molecule has 0 fully saturated rings. The maximum absolute atomic E-state index is 5.21. The molecule has 112 valence electrons. The van der Waals surface area contributed by atoms with Gasteiger partial charge >= 0.3 is 0 Å². The largest absolute Gasteiger partial charge is 0.463 e. The first-order chi connectivity index (χ1) is 10.9. The molecule has 0 atom stereocenters. The molecule has 8 heteroatoms. The molecule has 0 aliphatic carbocycles. The SMILES string of the molecule is CCc1nnc(N/N=C/c2ccco2)n1/N=C\c1ccco1. The number of aromatic nitrogens is 3. The van der Waals surface area contributed by atoms with Gasteiger partial charge in [-0.25, -0.2) is 5.43 Å². The van der Waals surface area contributed by atoms with Gasteiger partial charge in [0.2, 0.25) is 0 Å². The lowest BCUT2D eigenvalue weighted by Gasteiger charge is -2.01. The summed E-state index contributed by atoms with van der Waals surface area (Å²) in [7, 11) is 0. The number of hydrogen-bond donors (Lipinski definition) is 1. The van der Waals surface area contributed by atoms with Crippen LogP contribution in [0.25, 0.3) is 0 Å². The standard InChI is InChI=1S/C14H14N6O2/c1-2-13-17-19-14(18-15-9-11-5-3-7-21-11)20(13)16-10-12-6-4-8-22-12/h3-10H,2H2,1H3,(H,18,19)/b15-9+,16-10-. The fourth-order valence-electron chi connectivity index (χ4n) is 1.72. The molecule has 0 aliphatic heterocycles. The van der Waals surface area contributed by atoms with Crippen molar-refractivity contribution in [2.45, 2.75) is 13.3 Å². The van der Waals surface area contributed by atoms with E-state index in [4.69, 9.17) is 8.83 Å². The monoisotopic (exact) mass is 298 g/mol. The van der Waals surface area contributed by atoms with Crippen molar-refractivity contribution in [3.8, 4) is 0 Å². The summed E-state index contributed by atoms with van der Waals surface area (Å²) in [5.74, 6) is 2.38. The maximum atomic E-state index is 5.21. The molecule has 3 aromatic heterocycles. The van der Waals surface area contributed by atoms with E-state index in [1.165, 1.54) is 0 Å². The van der Waals surface area contributed by atoms with Crippen molar-refractivity contribution in [1.29, 1.82) is 0 Å². The number of hydrazone groups is 1. The summed E-state index contributed by atoms with van der Waals surface area (Å²) in [5, 5.41) is 16.4. The Hall–Kier alpha value is -3.16. The number of aryl methyl sites for hydroxylation is 1. The molecule has 0 amide bonds. The van der Waals surface area contributed by atoms with Crippen LogP contribution in [0.5, 0.6) is 0 Å². The van der Waals surface area contributed by atoms with Gasteiger partial charge in [-0.2, -0.15) is 14.9 Å². The molecule has 0 bridgehead atoms. The molecule has 0 aromatic carbocycles. The van der Waals surface area contributed by atoms with Crippen LogP contribution in [0.4, 0.5) is 5.95 Å². The highest BCUT2D eigenvalue weighted by molar-refractivity contribution is 5.76. The molecule has 0 radical (unpaired) electrons. The van der Waals surface area contributed by atoms with E-state index in [-0.39, 0.29) is 0 Å². The van der Waals surface area contributed by atoms with Crippen LogP contribution in [0.2, 0.25) is 0 Å². The van der Waals surface area contributed by atoms with Gasteiger partial charge < -0.3 is 8.83 Å². The van der Waals surface area contributed by atoms with E-state index in [9.17, 15) is 0 Å². The lowest BCUT2D eigenvalue weighted by atomic mass is 10.5. The van der Waals surface area contributed by atoms with Gasteiger partial charge in [0.1, 0.15) is 11.5 Å². The van der Waals surface area contributed by atoms with Crippen molar-refractivity contribution in [2.24, 2.45) is 10.2 Å². The van der Waals surface area contributed by atoms with Gasteiger partial charge in [-0.15, -0.1) is 10.2 Å². The first-order valence-corrected chi connectivity index (χ1v) is 6.71. The minimum absolute atomic E-state index is 0.405. The summed E-state index contributed by atoms with van der Waals surface area (Å²) >= 11 is 0. The smallest absolute Gasteiger partial charge is 0.266 e. The van der Waals surface area contributed by atoms with Crippen LogP contribution in [0.3, 0.4) is 0 Å². The Bertz CT molecular complexity index is 755. The Morgan fingerprint density at radius 1 is 1.14 bits per heavy atom. The van der Waals surface area contributed by atoms with Crippen molar-refractivity contribution in [3.05, 3.63) is 54.1 Å². The molecule has 0 spiro atoms. The predicted octanol–water partition coefficient (Wildman–Crippen LogP) is 2.35. The zero-order chi connectivity index (χ0) is 15.2. The highest BCUT2D eigenvalue weighted by Crippen LogP contribution is 2.09. The Labute approximate surface area is 126 Å². The highest BCUT2D eigenvalue weighted by atomic mass is 16.3. The van der Waals surface area contributed by atoms with Crippen LogP contribution in [0.1, 0.15) is 24.3 Å². The van der Waals surface area contributed by atoms with Gasteiger partial charge in [-0.1, -0.05) is 6.92 Å². The highest BCUT2D eigenvalue weighted by Gasteiger charge is 2.09. The van der Waals surface area contributed by atoms with Gasteiger partial charge in [0.25, 0.3) is 5.95 Å². The van der Waals surface area contributed by atoms with E-state index < -0.39 is 0 Å². The van der Waals surface area contributed by atoms with E-state index >= 15 is 0 Å². The van der Waals surface area contributed by atoms with Crippen LogP contribution in [-0.4, -0.2) is 27.3 Å². The molecule has 0 aliphatic rings. The van der Waals surface area contributed by atoms with Gasteiger partial charge in [-0.3, -0.25) is 0 Å². The van der Waals surface area contributed by atoms with E-state index in [1.54, 1.807) is 47.8 Å². The number of rotatable bonds is 6. The zero-order valence-corrected chi connectivity index (χ0v) is 11.9. The lowest BCUT2D eigenvalue weighted by molar-refractivity contribution is 0.559. The van der Waals surface area contributed by atoms with Crippen LogP contribution >= 0.6 is 0 Å². The maximum Gasteiger partial charge on any atom is 0.266 e. The van der Waals surface area contributed by atoms with E-state index in [0.29, 0.717) is 29.7 Å². The summed E-state index contributed by atoms with van der Waals surface area (Å²) in [6.07, 6.45) is 6.98. The third-order valence-electron chi connectivity index (χ3n) is 2.76. The van der Waals surface area contributed by atoms with Crippen molar-refractivity contribution in [2.75, 3.05) is 5.43 Å². The molecule has 0 saturated carbocycles. The zero-order valence-electron chi connectivity index (χ0n) is 11.9. The molecular weight excluding hydrogens is 284 g/mol. The summed E-state index contributed by atoms with van der Waals surface area (Å²) in [5.41, 5.74) is 2.79. The van der Waals surface area contributed by atoms with Gasteiger partial charge in [0.05, 0.1) is 25.0 Å². The summed E-state index contributed by atoms with van der Waals surface area (Å²) in [6.45, 7) is 1.97. The number of hydrogen-bond acceptors (Lipinski definition) is 7. The molecule has 0 unspecified atom stereocenters. The summed E-state index contributed by atoms with van der Waals surface area (Å²) < 4.78 is 11.9. The molecule has 22 heavy (non-hydrogen) atoms. The lowest BCUT2D eigenvalue weighted by Crippen LogP contribution is -2.02. The third kappa shape index (κ3) is 3.11. The van der Waals surface area contributed by atoms with Crippen molar-refractivity contribution in [3.63, 3.8) is 0 Å². The number of furan rings is 2.